The lowest BCUT2D eigenvalue weighted by atomic mass is 10.1. The zero-order valence-electron chi connectivity index (χ0n) is 27.3. The van der Waals surface area contributed by atoms with Gasteiger partial charge in [0.1, 0.15) is 18.1 Å². The maximum atomic E-state index is 14.1. The molecule has 5 rings (SSSR count). The maximum Gasteiger partial charge on any atom is 0.335 e. The van der Waals surface area contributed by atoms with E-state index in [2.05, 4.69) is 10.6 Å². The number of carboxylic acid groups (broad SMARTS) is 1. The number of hydrogen-bond acceptors (Lipinski definition) is 6. The van der Waals surface area contributed by atoms with Crippen LogP contribution in [0.2, 0.25) is 0 Å². The summed E-state index contributed by atoms with van der Waals surface area (Å²) in [5, 5.41) is 15.1. The van der Waals surface area contributed by atoms with Crippen LogP contribution in [0, 0.1) is 6.92 Å². The average Bonchev–Trinajstić information content (AvgIpc) is 3.53. The van der Waals surface area contributed by atoms with Crippen molar-refractivity contribution < 1.29 is 33.7 Å². The molecule has 250 valence electrons. The van der Waals surface area contributed by atoms with Gasteiger partial charge in [0.15, 0.2) is 0 Å². The van der Waals surface area contributed by atoms with Gasteiger partial charge in [0.05, 0.1) is 49.6 Å². The highest BCUT2D eigenvalue weighted by molar-refractivity contribution is 6.01. The Hall–Kier alpha value is -5.35. The molecule has 3 unspecified atom stereocenters. The molecule has 3 amide bonds. The molecular weight excluding hydrogens is 610 g/mol. The van der Waals surface area contributed by atoms with Gasteiger partial charge in [-0.05, 0) is 79.8 Å². The number of nitrogens with zero attached hydrogens (tertiary/aromatic N) is 1. The molecule has 1 aliphatic rings. The first-order valence-electron chi connectivity index (χ1n) is 15.9. The van der Waals surface area contributed by atoms with E-state index in [0.29, 0.717) is 35.9 Å². The van der Waals surface area contributed by atoms with Crippen molar-refractivity contribution in [2.24, 2.45) is 0 Å². The summed E-state index contributed by atoms with van der Waals surface area (Å²) in [4.78, 5) is 40.2. The van der Waals surface area contributed by atoms with Crippen LogP contribution in [0.25, 0.3) is 0 Å². The predicted octanol–water partition coefficient (Wildman–Crippen LogP) is 6.93. The fourth-order valence-electron chi connectivity index (χ4n) is 5.95. The predicted molar refractivity (Wildman–Crippen MR) is 184 cm³/mol. The minimum Gasteiger partial charge on any atom is -0.495 e. The van der Waals surface area contributed by atoms with Gasteiger partial charge in [0.2, 0.25) is 5.91 Å². The third-order valence-electron chi connectivity index (χ3n) is 8.52. The summed E-state index contributed by atoms with van der Waals surface area (Å²) < 4.78 is 17.9. The molecule has 48 heavy (non-hydrogen) atoms. The topological polar surface area (TPSA) is 126 Å². The van der Waals surface area contributed by atoms with Gasteiger partial charge >= 0.3 is 12.0 Å². The first kappa shape index (κ1) is 34.0. The number of ether oxygens (including phenoxy) is 3. The molecule has 4 aromatic carbocycles. The molecule has 0 aromatic heterocycles. The van der Waals surface area contributed by atoms with Crippen LogP contribution in [0.5, 0.6) is 11.5 Å². The second-order valence-corrected chi connectivity index (χ2v) is 11.9. The monoisotopic (exact) mass is 651 g/mol. The van der Waals surface area contributed by atoms with Crippen LogP contribution in [0.3, 0.4) is 0 Å². The average molecular weight is 652 g/mol. The van der Waals surface area contributed by atoms with E-state index >= 15 is 0 Å². The highest BCUT2D eigenvalue weighted by atomic mass is 16.5. The molecule has 0 spiro atoms. The number of rotatable bonds is 13. The largest absolute Gasteiger partial charge is 0.495 e. The number of carbonyl (C=O) groups is 3. The second kappa shape index (κ2) is 16.0. The van der Waals surface area contributed by atoms with E-state index in [1.165, 1.54) is 19.2 Å². The van der Waals surface area contributed by atoms with E-state index < -0.39 is 12.0 Å². The number of carboxylic acids is 1. The number of amides is 3. The summed E-state index contributed by atoms with van der Waals surface area (Å²) in [5.41, 5.74) is 4.01. The SMILES string of the molecule is COc1cc(CC(=O)N2C(COc3cccc(C(=O)O)c3)CCC2C(C)OCc2ccccc2)ccc1NC(=O)Nc1ccccc1C. The summed E-state index contributed by atoms with van der Waals surface area (Å²) in [6, 6.07) is 28.2. The molecule has 1 heterocycles. The number of anilines is 2. The summed E-state index contributed by atoms with van der Waals surface area (Å²) in [6.07, 6.45) is 1.28. The molecule has 0 aliphatic carbocycles. The van der Waals surface area contributed by atoms with Crippen molar-refractivity contribution in [3.05, 3.63) is 119 Å². The third kappa shape index (κ3) is 8.71. The third-order valence-corrected chi connectivity index (χ3v) is 8.52. The summed E-state index contributed by atoms with van der Waals surface area (Å²) in [7, 11) is 1.51. The molecule has 0 radical (unpaired) electrons. The zero-order valence-corrected chi connectivity index (χ0v) is 27.3. The van der Waals surface area contributed by atoms with Crippen LogP contribution in [0.15, 0.2) is 97.1 Å². The number of urea groups is 1. The maximum absolute atomic E-state index is 14.1. The Morgan fingerprint density at radius 2 is 1.62 bits per heavy atom. The molecule has 3 atom stereocenters. The Kier molecular flexibility index (Phi) is 11.3. The smallest absolute Gasteiger partial charge is 0.335 e. The van der Waals surface area contributed by atoms with Crippen LogP contribution in [-0.2, 0) is 22.6 Å². The number of methoxy groups -OCH3 is 1. The van der Waals surface area contributed by atoms with Crippen LogP contribution in [0.1, 0.15) is 46.8 Å². The van der Waals surface area contributed by atoms with Gasteiger partial charge in [-0.25, -0.2) is 9.59 Å². The molecule has 1 fully saturated rings. The summed E-state index contributed by atoms with van der Waals surface area (Å²) in [6.45, 7) is 4.53. The van der Waals surface area contributed by atoms with E-state index in [1.54, 1.807) is 30.3 Å². The Balaban J connectivity index is 1.30. The van der Waals surface area contributed by atoms with Crippen molar-refractivity contribution in [2.75, 3.05) is 24.4 Å². The van der Waals surface area contributed by atoms with E-state index in [9.17, 15) is 19.5 Å². The molecule has 1 saturated heterocycles. The molecule has 0 saturated carbocycles. The van der Waals surface area contributed by atoms with E-state index in [0.717, 1.165) is 23.1 Å². The Labute approximate surface area is 280 Å². The number of benzene rings is 4. The van der Waals surface area contributed by atoms with Crippen LogP contribution >= 0.6 is 0 Å². The minimum atomic E-state index is -1.04. The Bertz CT molecular complexity index is 1730. The molecule has 10 heteroatoms. The lowest BCUT2D eigenvalue weighted by Gasteiger charge is -2.34. The number of para-hydroxylation sites is 1. The van der Waals surface area contributed by atoms with Crippen LogP contribution in [0.4, 0.5) is 16.2 Å². The molecular formula is C38H41N3O7. The van der Waals surface area contributed by atoms with Gasteiger partial charge in [-0.15, -0.1) is 0 Å². The number of nitrogens with one attached hydrogen (secondary N) is 2. The van der Waals surface area contributed by atoms with E-state index in [4.69, 9.17) is 14.2 Å². The standard InChI is InChI=1S/C38H41N3O7/c1-25-10-7-8-15-32(25)39-38(45)40-33-18-16-28(20-35(33)46-3)21-36(42)41-30(24-48-31-14-9-13-29(22-31)37(43)44)17-19-34(41)26(2)47-23-27-11-5-4-6-12-27/h4-16,18,20,22,26,30,34H,17,19,21,23-24H2,1-3H3,(H,43,44)(H2,39,40,45). The van der Waals surface area contributed by atoms with Gasteiger partial charge in [-0.3, -0.25) is 4.79 Å². The molecule has 1 aliphatic heterocycles. The quantitative estimate of drug-likeness (QED) is 0.143. The van der Waals surface area contributed by atoms with E-state index in [1.807, 2.05) is 73.3 Å². The number of aromatic carboxylic acids is 1. The zero-order chi connectivity index (χ0) is 34.0. The number of aryl methyl sites for hydroxylation is 1. The molecule has 10 nitrogen and oxygen atoms in total. The Morgan fingerprint density at radius 1 is 0.875 bits per heavy atom. The lowest BCUT2D eigenvalue weighted by Crippen LogP contribution is -2.49. The summed E-state index contributed by atoms with van der Waals surface area (Å²) in [5.74, 6) is -0.277. The summed E-state index contributed by atoms with van der Waals surface area (Å²) >= 11 is 0. The fraction of sp³-hybridized carbons (Fsp3) is 0.289. The number of carbonyl (C=O) groups excluding carboxylic acids is 2. The van der Waals surface area contributed by atoms with Gasteiger partial charge in [-0.1, -0.05) is 60.7 Å². The van der Waals surface area contributed by atoms with Crippen molar-refractivity contribution in [3.63, 3.8) is 0 Å². The van der Waals surface area contributed by atoms with Gasteiger partial charge < -0.3 is 34.9 Å². The van der Waals surface area contributed by atoms with Gasteiger partial charge in [-0.2, -0.15) is 0 Å². The van der Waals surface area contributed by atoms with Crippen molar-refractivity contribution in [2.45, 2.75) is 57.9 Å². The normalized spacial score (nSPS) is 16.2. The van der Waals surface area contributed by atoms with Crippen LogP contribution in [-0.4, -0.2) is 59.8 Å². The van der Waals surface area contributed by atoms with Crippen molar-refractivity contribution >= 4 is 29.3 Å². The number of likely N-dealkylation sites (tertiary alicyclic amines) is 1. The fourth-order valence-corrected chi connectivity index (χ4v) is 5.95. The minimum absolute atomic E-state index is 0.0962. The van der Waals surface area contributed by atoms with Crippen molar-refractivity contribution in [3.8, 4) is 11.5 Å². The lowest BCUT2D eigenvalue weighted by molar-refractivity contribution is -0.137. The second-order valence-electron chi connectivity index (χ2n) is 11.9. The first-order valence-corrected chi connectivity index (χ1v) is 15.9. The highest BCUT2D eigenvalue weighted by Gasteiger charge is 2.40. The first-order chi connectivity index (χ1) is 23.2. The number of hydrogen-bond donors (Lipinski definition) is 3. The van der Waals surface area contributed by atoms with Crippen LogP contribution < -0.4 is 20.1 Å². The Morgan fingerprint density at radius 3 is 2.38 bits per heavy atom. The highest BCUT2D eigenvalue weighted by Crippen LogP contribution is 2.32. The molecule has 3 N–H and O–H groups in total. The van der Waals surface area contributed by atoms with Crippen molar-refractivity contribution in [1.29, 1.82) is 0 Å². The van der Waals surface area contributed by atoms with E-state index in [-0.39, 0.29) is 42.7 Å². The van der Waals surface area contributed by atoms with Gasteiger partial charge in [0.25, 0.3) is 0 Å². The van der Waals surface area contributed by atoms with Crippen molar-refractivity contribution in [1.82, 2.24) is 4.90 Å². The van der Waals surface area contributed by atoms with Gasteiger partial charge in [0, 0.05) is 5.69 Å². The molecule has 0 bridgehead atoms. The molecule has 4 aromatic rings.